The maximum Gasteiger partial charge on any atom is 0.178 e. The van der Waals surface area contributed by atoms with Gasteiger partial charge in [0, 0.05) is 41.1 Å². The van der Waals surface area contributed by atoms with Crippen molar-refractivity contribution in [2.45, 2.75) is 26.2 Å². The van der Waals surface area contributed by atoms with Crippen LogP contribution in [0, 0.1) is 5.92 Å². The molecule has 1 saturated carbocycles. The van der Waals surface area contributed by atoms with E-state index in [9.17, 15) is 0 Å². The predicted octanol–water partition coefficient (Wildman–Crippen LogP) is 6.33. The van der Waals surface area contributed by atoms with Gasteiger partial charge in [-0.25, -0.2) is 15.0 Å². The van der Waals surface area contributed by atoms with Crippen LogP contribution >= 0.6 is 0 Å². The van der Waals surface area contributed by atoms with Crippen molar-refractivity contribution >= 4 is 27.8 Å². The molecule has 0 radical (unpaired) electrons. The third-order valence-corrected chi connectivity index (χ3v) is 7.04. The third-order valence-electron chi connectivity index (χ3n) is 7.04. The lowest BCUT2D eigenvalue weighted by Crippen LogP contribution is -2.23. The Morgan fingerprint density at radius 1 is 1.13 bits per heavy atom. The van der Waals surface area contributed by atoms with Crippen molar-refractivity contribution in [1.82, 2.24) is 40.4 Å². The van der Waals surface area contributed by atoms with E-state index in [2.05, 4.69) is 49.7 Å². The van der Waals surface area contributed by atoms with E-state index in [0.717, 1.165) is 50.3 Å². The number of rotatable bonds is 8. The number of hydrogen-bond donors (Lipinski definition) is 3. The van der Waals surface area contributed by atoms with E-state index in [1.165, 1.54) is 19.3 Å². The Morgan fingerprint density at radius 3 is 2.76 bits per heavy atom. The molecule has 8 heteroatoms. The molecular formula is C30H28N8. The minimum Gasteiger partial charge on any atom is -0.359 e. The summed E-state index contributed by atoms with van der Waals surface area (Å²) < 4.78 is 0. The largest absolute Gasteiger partial charge is 0.359 e. The fraction of sp³-hybridized carbons (Fsp3) is 0.167. The summed E-state index contributed by atoms with van der Waals surface area (Å²) in [5.41, 5.74) is 9.32. The average Bonchev–Trinajstić information content (AvgIpc) is 3.54. The summed E-state index contributed by atoms with van der Waals surface area (Å²) in [6, 6.07) is 9.85. The molecule has 0 saturated heterocycles. The van der Waals surface area contributed by atoms with Gasteiger partial charge in [-0.2, -0.15) is 5.10 Å². The van der Waals surface area contributed by atoms with Crippen LogP contribution in [0.3, 0.4) is 0 Å². The van der Waals surface area contributed by atoms with E-state index < -0.39 is 0 Å². The van der Waals surface area contributed by atoms with Crippen molar-refractivity contribution in [2.24, 2.45) is 5.92 Å². The van der Waals surface area contributed by atoms with Gasteiger partial charge in [0.1, 0.15) is 5.52 Å². The normalized spacial score (nSPS) is 14.6. The van der Waals surface area contributed by atoms with E-state index in [1.807, 2.05) is 55.6 Å². The van der Waals surface area contributed by atoms with Crippen LogP contribution < -0.4 is 5.32 Å². The summed E-state index contributed by atoms with van der Waals surface area (Å²) in [4.78, 5) is 21.9. The number of fused-ring (bicyclic) bond motifs is 2. The van der Waals surface area contributed by atoms with Crippen LogP contribution in [-0.4, -0.2) is 35.1 Å². The molecule has 0 spiro atoms. The number of aromatic amines is 2. The minimum absolute atomic E-state index is 0.535. The number of pyridine rings is 3. The second-order valence-electron chi connectivity index (χ2n) is 9.37. The number of hydrogen-bond acceptors (Lipinski definition) is 6. The van der Waals surface area contributed by atoms with E-state index in [4.69, 9.17) is 9.97 Å². The molecule has 1 aliphatic rings. The molecule has 0 unspecified atom stereocenters. The van der Waals surface area contributed by atoms with Crippen LogP contribution in [0.2, 0.25) is 0 Å². The van der Waals surface area contributed by atoms with Gasteiger partial charge in [0.2, 0.25) is 0 Å². The van der Waals surface area contributed by atoms with Crippen molar-refractivity contribution in [2.75, 3.05) is 0 Å². The fourth-order valence-corrected chi connectivity index (χ4v) is 4.67. The SMILES string of the molecule is C=C/C(=C\C(=C/C)c1ccc2[nH]nc(-c3nc4nccc(-c5cccnc5)c4[nH]3)c2n1)NC(=C)C1CCC1. The smallest absolute Gasteiger partial charge is 0.178 e. The minimum atomic E-state index is 0.535. The molecule has 0 aliphatic heterocycles. The molecule has 6 rings (SSSR count). The lowest BCUT2D eigenvalue weighted by Gasteiger charge is -2.28. The lowest BCUT2D eigenvalue weighted by atomic mass is 9.83. The highest BCUT2D eigenvalue weighted by Crippen LogP contribution is 2.32. The van der Waals surface area contributed by atoms with Gasteiger partial charge in [-0.1, -0.05) is 31.7 Å². The van der Waals surface area contributed by atoms with Crippen LogP contribution in [0.25, 0.3) is 50.4 Å². The maximum atomic E-state index is 4.98. The van der Waals surface area contributed by atoms with E-state index >= 15 is 0 Å². The first-order valence-corrected chi connectivity index (χ1v) is 12.7. The second kappa shape index (κ2) is 9.89. The van der Waals surface area contributed by atoms with Crippen LogP contribution in [0.15, 0.2) is 91.7 Å². The van der Waals surface area contributed by atoms with Gasteiger partial charge in [0.05, 0.1) is 16.7 Å². The zero-order valence-corrected chi connectivity index (χ0v) is 21.2. The quantitative estimate of drug-likeness (QED) is 0.215. The number of nitrogens with zero attached hydrogens (tertiary/aromatic N) is 5. The van der Waals surface area contributed by atoms with E-state index in [1.54, 1.807) is 12.4 Å². The zero-order chi connectivity index (χ0) is 26.1. The molecule has 0 bridgehead atoms. The maximum absolute atomic E-state index is 4.98. The number of imidazole rings is 1. The summed E-state index contributed by atoms with van der Waals surface area (Å²) in [6.45, 7) is 10.2. The van der Waals surface area contributed by atoms with Gasteiger partial charge in [-0.15, -0.1) is 0 Å². The summed E-state index contributed by atoms with van der Waals surface area (Å²) in [5.74, 6) is 1.13. The summed E-state index contributed by atoms with van der Waals surface area (Å²) in [7, 11) is 0. The van der Waals surface area contributed by atoms with Crippen molar-refractivity contribution in [1.29, 1.82) is 0 Å². The Bertz CT molecular complexity index is 1720. The monoisotopic (exact) mass is 500 g/mol. The molecule has 8 nitrogen and oxygen atoms in total. The second-order valence-corrected chi connectivity index (χ2v) is 9.37. The van der Waals surface area contributed by atoms with Crippen molar-refractivity contribution < 1.29 is 0 Å². The number of H-pyrrole nitrogens is 2. The molecule has 5 aromatic heterocycles. The molecular weight excluding hydrogens is 472 g/mol. The topological polar surface area (TPSA) is 108 Å². The van der Waals surface area contributed by atoms with Gasteiger partial charge < -0.3 is 10.3 Å². The van der Waals surface area contributed by atoms with Crippen LogP contribution in [-0.2, 0) is 0 Å². The first kappa shape index (κ1) is 23.5. The Hall–Kier alpha value is -4.85. The predicted molar refractivity (Wildman–Crippen MR) is 152 cm³/mol. The Labute approximate surface area is 220 Å². The third kappa shape index (κ3) is 4.30. The van der Waals surface area contributed by atoms with Gasteiger partial charge in [-0.3, -0.25) is 10.1 Å². The van der Waals surface area contributed by atoms with Crippen LogP contribution in [0.4, 0.5) is 0 Å². The van der Waals surface area contributed by atoms with Gasteiger partial charge in [0.15, 0.2) is 17.2 Å². The first-order chi connectivity index (χ1) is 18.6. The summed E-state index contributed by atoms with van der Waals surface area (Å²) in [5, 5.41) is 11.1. The molecule has 3 N–H and O–H groups in total. The zero-order valence-electron chi connectivity index (χ0n) is 21.2. The lowest BCUT2D eigenvalue weighted by molar-refractivity contribution is 0.356. The summed E-state index contributed by atoms with van der Waals surface area (Å²) >= 11 is 0. The molecule has 5 heterocycles. The Morgan fingerprint density at radius 2 is 2.03 bits per heavy atom. The molecule has 1 aliphatic carbocycles. The van der Waals surface area contributed by atoms with Gasteiger partial charge >= 0.3 is 0 Å². The van der Waals surface area contributed by atoms with Gasteiger partial charge in [0.25, 0.3) is 0 Å². The molecule has 0 atom stereocenters. The average molecular weight is 501 g/mol. The standard InChI is InChI=1S/C30H28N8/c1-4-19(16-22(5-2)33-18(3)20-8-6-9-20)24-11-12-25-27(34-24)28(38-37-25)30-35-26-23(13-15-32-29(26)36-30)21-10-7-14-31-17-21/h4-5,7,10-17,20,33H,2-3,6,8-9H2,1H3,(H,37,38)(H,32,35,36)/b19-4+,22-16+. The van der Waals surface area contributed by atoms with Crippen molar-refractivity contribution in [3.05, 3.63) is 97.4 Å². The molecule has 38 heavy (non-hydrogen) atoms. The fourth-order valence-electron chi connectivity index (χ4n) is 4.67. The molecule has 188 valence electrons. The van der Waals surface area contributed by atoms with E-state index in [0.29, 0.717) is 23.1 Å². The van der Waals surface area contributed by atoms with E-state index in [-0.39, 0.29) is 0 Å². The Balaban J connectivity index is 1.37. The van der Waals surface area contributed by atoms with Crippen LogP contribution in [0.1, 0.15) is 31.9 Å². The number of allylic oxidation sites excluding steroid dienone is 5. The number of aromatic nitrogens is 7. The van der Waals surface area contributed by atoms with Crippen molar-refractivity contribution in [3.63, 3.8) is 0 Å². The van der Waals surface area contributed by atoms with Crippen molar-refractivity contribution in [3.8, 4) is 22.6 Å². The molecule has 1 fully saturated rings. The molecule has 5 aromatic rings. The molecule has 0 aromatic carbocycles. The highest BCUT2D eigenvalue weighted by molar-refractivity contribution is 5.94. The van der Waals surface area contributed by atoms with Crippen LogP contribution in [0.5, 0.6) is 0 Å². The molecule has 0 amide bonds. The first-order valence-electron chi connectivity index (χ1n) is 12.7. The number of nitrogens with one attached hydrogen (secondary N) is 3. The summed E-state index contributed by atoms with van der Waals surface area (Å²) in [6.07, 6.45) is 14.9. The van der Waals surface area contributed by atoms with Gasteiger partial charge in [-0.05, 0) is 67.7 Å². The Kier molecular flexibility index (Phi) is 6.13. The highest BCUT2D eigenvalue weighted by atomic mass is 15.2. The highest BCUT2D eigenvalue weighted by Gasteiger charge is 2.21.